The first kappa shape index (κ1) is 17.1. The molecule has 25 heavy (non-hydrogen) atoms. The highest BCUT2D eigenvalue weighted by Crippen LogP contribution is 2.30. The molecule has 1 atom stereocenters. The van der Waals surface area contributed by atoms with Gasteiger partial charge in [0.15, 0.2) is 11.5 Å². The second kappa shape index (κ2) is 7.42. The predicted octanol–water partition coefficient (Wildman–Crippen LogP) is 2.38. The maximum atomic E-state index is 12.2. The van der Waals surface area contributed by atoms with Crippen LogP contribution in [0.4, 0.5) is 5.69 Å². The number of benzene rings is 1. The highest BCUT2D eigenvalue weighted by molar-refractivity contribution is 5.91. The van der Waals surface area contributed by atoms with E-state index in [1.807, 2.05) is 23.3 Å². The van der Waals surface area contributed by atoms with E-state index in [0.29, 0.717) is 43.1 Å². The number of hydrogen-bond donors (Lipinski definition) is 1. The van der Waals surface area contributed by atoms with Crippen molar-refractivity contribution in [3.8, 4) is 11.5 Å². The third-order valence-corrected chi connectivity index (χ3v) is 4.46. The molecule has 3 rings (SSSR count). The summed E-state index contributed by atoms with van der Waals surface area (Å²) >= 11 is 0. The summed E-state index contributed by atoms with van der Waals surface area (Å²) in [7, 11) is 3.12. The van der Waals surface area contributed by atoms with Gasteiger partial charge in [0.1, 0.15) is 5.78 Å². The van der Waals surface area contributed by atoms with E-state index in [-0.39, 0.29) is 17.6 Å². The molecule has 132 valence electrons. The summed E-state index contributed by atoms with van der Waals surface area (Å²) < 4.78 is 10.4. The van der Waals surface area contributed by atoms with Gasteiger partial charge in [-0.3, -0.25) is 9.59 Å². The molecule has 1 amide bonds. The van der Waals surface area contributed by atoms with Crippen LogP contribution in [0.25, 0.3) is 0 Å². The molecule has 0 bridgehead atoms. The molecule has 0 spiro atoms. The van der Waals surface area contributed by atoms with Crippen molar-refractivity contribution in [2.45, 2.75) is 12.8 Å². The zero-order valence-corrected chi connectivity index (χ0v) is 14.5. The molecule has 1 N–H and O–H groups in total. The summed E-state index contributed by atoms with van der Waals surface area (Å²) in [5, 5.41) is 2.86. The summed E-state index contributed by atoms with van der Waals surface area (Å²) in [5.74, 6) is 1.33. The van der Waals surface area contributed by atoms with Crippen LogP contribution in [0.3, 0.4) is 0 Å². The topological polar surface area (TPSA) is 67.9 Å². The molecule has 2 aliphatic rings. The molecule has 0 aromatic heterocycles. The van der Waals surface area contributed by atoms with Gasteiger partial charge >= 0.3 is 0 Å². The number of carbonyl (C=O) groups excluding carboxylic acids is 2. The Bertz CT molecular complexity index is 739. The Morgan fingerprint density at radius 3 is 2.80 bits per heavy atom. The van der Waals surface area contributed by atoms with Crippen molar-refractivity contribution in [1.82, 2.24) is 4.90 Å². The van der Waals surface area contributed by atoms with Crippen LogP contribution >= 0.6 is 0 Å². The average molecular weight is 342 g/mol. The number of allylic oxidation sites excluding steroid dienone is 2. The van der Waals surface area contributed by atoms with E-state index < -0.39 is 0 Å². The molecule has 0 saturated carbocycles. The maximum absolute atomic E-state index is 12.2. The molecule has 1 aromatic rings. The fourth-order valence-corrected chi connectivity index (χ4v) is 3.13. The second-order valence-corrected chi connectivity index (χ2v) is 6.12. The first-order chi connectivity index (χ1) is 12.1. The fourth-order valence-electron chi connectivity index (χ4n) is 3.13. The number of fused-ring (bicyclic) bond motifs is 1. The van der Waals surface area contributed by atoms with Crippen LogP contribution in [-0.2, 0) is 9.59 Å². The van der Waals surface area contributed by atoms with Crippen molar-refractivity contribution in [2.24, 2.45) is 5.92 Å². The van der Waals surface area contributed by atoms with E-state index in [9.17, 15) is 9.59 Å². The molecular formula is C19H22N2O4. The quantitative estimate of drug-likeness (QED) is 0.860. The Hall–Kier alpha value is -2.76. The molecule has 1 aliphatic heterocycles. The number of nitrogens with one attached hydrogen (secondary N) is 1. The van der Waals surface area contributed by atoms with Crippen molar-refractivity contribution < 1.29 is 19.1 Å². The molecule has 0 saturated heterocycles. The van der Waals surface area contributed by atoms with E-state index in [0.717, 1.165) is 5.57 Å². The lowest BCUT2D eigenvalue weighted by atomic mass is 9.90. The smallest absolute Gasteiger partial charge is 0.226 e. The Morgan fingerprint density at radius 1 is 1.28 bits per heavy atom. The van der Waals surface area contributed by atoms with Gasteiger partial charge in [0.25, 0.3) is 0 Å². The first-order valence-corrected chi connectivity index (χ1v) is 8.27. The number of Topliss-reactive ketones (excluding diaryl/α,β-unsaturated/α-hetero) is 1. The number of nitrogens with zero attached hydrogens (tertiary/aromatic N) is 1. The third kappa shape index (κ3) is 3.84. The van der Waals surface area contributed by atoms with Crippen molar-refractivity contribution in [3.63, 3.8) is 0 Å². The van der Waals surface area contributed by atoms with Crippen molar-refractivity contribution in [3.05, 3.63) is 42.1 Å². The van der Waals surface area contributed by atoms with Crippen LogP contribution in [-0.4, -0.2) is 43.9 Å². The van der Waals surface area contributed by atoms with E-state index in [1.165, 1.54) is 0 Å². The molecule has 6 heteroatoms. The number of ether oxygens (including phenoxy) is 2. The Labute approximate surface area is 147 Å². The number of hydrogen-bond acceptors (Lipinski definition) is 5. The Morgan fingerprint density at radius 2 is 2.08 bits per heavy atom. The van der Waals surface area contributed by atoms with Gasteiger partial charge in [0.05, 0.1) is 20.1 Å². The summed E-state index contributed by atoms with van der Waals surface area (Å²) in [6, 6.07) is 5.25. The second-order valence-electron chi connectivity index (χ2n) is 6.12. The average Bonchev–Trinajstić information content (AvgIpc) is 3.04. The molecule has 0 radical (unpaired) electrons. The van der Waals surface area contributed by atoms with Crippen molar-refractivity contribution >= 4 is 17.4 Å². The Kier molecular flexibility index (Phi) is 5.07. The predicted molar refractivity (Wildman–Crippen MR) is 94.7 cm³/mol. The summed E-state index contributed by atoms with van der Waals surface area (Å²) in [6.45, 7) is 1.25. The van der Waals surface area contributed by atoms with Gasteiger partial charge < -0.3 is 19.7 Å². The van der Waals surface area contributed by atoms with Gasteiger partial charge in [0, 0.05) is 43.9 Å². The van der Waals surface area contributed by atoms with Crippen LogP contribution in [0.1, 0.15) is 12.8 Å². The SMILES string of the molecule is COc1ccc(NC(=O)CCN2C=C3C=CCC(=O)C3C2)cc1OC. The summed E-state index contributed by atoms with van der Waals surface area (Å²) in [6.07, 6.45) is 6.76. The molecule has 1 heterocycles. The van der Waals surface area contributed by atoms with E-state index >= 15 is 0 Å². The number of ketones is 1. The molecule has 1 unspecified atom stereocenters. The molecule has 1 aliphatic carbocycles. The first-order valence-electron chi connectivity index (χ1n) is 8.27. The molecule has 0 fully saturated rings. The van der Waals surface area contributed by atoms with Crippen LogP contribution in [0, 0.1) is 5.92 Å². The van der Waals surface area contributed by atoms with Gasteiger partial charge in [-0.1, -0.05) is 12.2 Å². The monoisotopic (exact) mass is 342 g/mol. The lowest BCUT2D eigenvalue weighted by Crippen LogP contribution is -2.27. The van der Waals surface area contributed by atoms with Crippen molar-refractivity contribution in [2.75, 3.05) is 32.6 Å². The minimum absolute atomic E-state index is 0.0288. The number of amides is 1. The van der Waals surface area contributed by atoms with Gasteiger partial charge in [-0.2, -0.15) is 0 Å². The fraction of sp³-hybridized carbons (Fsp3) is 0.368. The van der Waals surface area contributed by atoms with Crippen LogP contribution in [0.5, 0.6) is 11.5 Å². The molecule has 1 aromatic carbocycles. The Balaban J connectivity index is 1.53. The minimum atomic E-state index is -0.0811. The standard InChI is InChI=1S/C19H22N2O4/c1-24-17-7-6-14(10-18(17)25-2)20-19(23)8-9-21-11-13-4-3-5-16(22)15(13)12-21/h3-4,6-7,10-11,15H,5,8-9,12H2,1-2H3,(H,20,23). The van der Waals surface area contributed by atoms with Gasteiger partial charge in [0.2, 0.25) is 5.91 Å². The number of anilines is 1. The van der Waals surface area contributed by atoms with Crippen LogP contribution in [0.2, 0.25) is 0 Å². The third-order valence-electron chi connectivity index (χ3n) is 4.46. The molecular weight excluding hydrogens is 320 g/mol. The minimum Gasteiger partial charge on any atom is -0.493 e. The van der Waals surface area contributed by atoms with E-state index in [1.54, 1.807) is 32.4 Å². The van der Waals surface area contributed by atoms with Crippen LogP contribution < -0.4 is 14.8 Å². The summed E-state index contributed by atoms with van der Waals surface area (Å²) in [4.78, 5) is 26.1. The lowest BCUT2D eigenvalue weighted by Gasteiger charge is -2.18. The van der Waals surface area contributed by atoms with Crippen molar-refractivity contribution in [1.29, 1.82) is 0 Å². The number of carbonyl (C=O) groups is 2. The zero-order chi connectivity index (χ0) is 17.8. The zero-order valence-electron chi connectivity index (χ0n) is 14.5. The van der Waals surface area contributed by atoms with E-state index in [4.69, 9.17) is 9.47 Å². The number of rotatable bonds is 6. The largest absolute Gasteiger partial charge is 0.493 e. The number of methoxy groups -OCH3 is 2. The van der Waals surface area contributed by atoms with Gasteiger partial charge in [-0.05, 0) is 17.7 Å². The normalized spacial score (nSPS) is 18.6. The highest BCUT2D eigenvalue weighted by atomic mass is 16.5. The highest BCUT2D eigenvalue weighted by Gasteiger charge is 2.30. The van der Waals surface area contributed by atoms with Gasteiger partial charge in [-0.25, -0.2) is 0 Å². The lowest BCUT2D eigenvalue weighted by molar-refractivity contribution is -0.121. The van der Waals surface area contributed by atoms with E-state index in [2.05, 4.69) is 5.32 Å². The van der Waals surface area contributed by atoms with Crippen LogP contribution in [0.15, 0.2) is 42.1 Å². The van der Waals surface area contributed by atoms with Gasteiger partial charge in [-0.15, -0.1) is 0 Å². The molecule has 6 nitrogen and oxygen atoms in total. The summed E-state index contributed by atoms with van der Waals surface area (Å²) in [5.41, 5.74) is 1.71. The maximum Gasteiger partial charge on any atom is 0.226 e.